The lowest BCUT2D eigenvalue weighted by molar-refractivity contribution is -0.146. The highest BCUT2D eigenvalue weighted by molar-refractivity contribution is 5.80. The van der Waals surface area contributed by atoms with Crippen molar-refractivity contribution in [2.75, 3.05) is 20.3 Å². The fraction of sp³-hybridized carbons (Fsp3) is 0.833. The van der Waals surface area contributed by atoms with E-state index < -0.39 is 5.54 Å². The van der Waals surface area contributed by atoms with Gasteiger partial charge in [0.25, 0.3) is 0 Å². The van der Waals surface area contributed by atoms with Crippen LogP contribution in [0.3, 0.4) is 0 Å². The first-order valence-electron chi connectivity index (χ1n) is 3.14. The average Bonchev–Trinajstić information content (AvgIpc) is 2.36. The highest BCUT2D eigenvalue weighted by Gasteiger charge is 2.39. The van der Waals surface area contributed by atoms with Crippen molar-refractivity contribution in [3.8, 4) is 0 Å². The van der Waals surface area contributed by atoms with Gasteiger partial charge in [-0.15, -0.1) is 0 Å². The van der Waals surface area contributed by atoms with Crippen molar-refractivity contribution < 1.29 is 14.3 Å². The summed E-state index contributed by atoms with van der Waals surface area (Å²) in [4.78, 5) is 10.9. The van der Waals surface area contributed by atoms with Crippen LogP contribution in [0, 0.1) is 0 Å². The second-order valence-electron chi connectivity index (χ2n) is 2.45. The summed E-state index contributed by atoms with van der Waals surface area (Å²) in [5.41, 5.74) is 4.73. The molecule has 58 valence electrons. The first kappa shape index (κ1) is 7.50. The first-order chi connectivity index (χ1) is 4.69. The standard InChI is InChI=1S/C6H11NO3/c1-9-5(8)6(7)2-3-10-4-6/h2-4,7H2,1H3/t6-/m1/s1. The number of hydrogen-bond acceptors (Lipinski definition) is 4. The molecule has 1 rings (SSSR count). The summed E-state index contributed by atoms with van der Waals surface area (Å²) in [6, 6.07) is 0. The van der Waals surface area contributed by atoms with Crippen LogP contribution < -0.4 is 5.73 Å². The van der Waals surface area contributed by atoms with Crippen LogP contribution in [0.25, 0.3) is 0 Å². The Morgan fingerprint density at radius 1 is 1.80 bits per heavy atom. The van der Waals surface area contributed by atoms with Crippen molar-refractivity contribution in [1.82, 2.24) is 0 Å². The Hall–Kier alpha value is -0.610. The SMILES string of the molecule is COC(=O)[C@@]1(N)CCOC1. The van der Waals surface area contributed by atoms with E-state index in [0.717, 1.165) is 0 Å². The normalized spacial score (nSPS) is 32.2. The molecule has 0 aromatic heterocycles. The summed E-state index contributed by atoms with van der Waals surface area (Å²) in [5, 5.41) is 0. The molecule has 0 amide bonds. The Morgan fingerprint density at radius 2 is 2.50 bits per heavy atom. The van der Waals surface area contributed by atoms with Crippen molar-refractivity contribution in [2.24, 2.45) is 5.73 Å². The maximum Gasteiger partial charge on any atom is 0.328 e. The van der Waals surface area contributed by atoms with E-state index in [-0.39, 0.29) is 12.6 Å². The van der Waals surface area contributed by atoms with Crippen LogP contribution in [0.2, 0.25) is 0 Å². The molecule has 1 saturated heterocycles. The molecule has 1 aliphatic heterocycles. The largest absolute Gasteiger partial charge is 0.468 e. The molecule has 0 saturated carbocycles. The maximum absolute atomic E-state index is 10.9. The molecule has 4 heteroatoms. The van der Waals surface area contributed by atoms with E-state index in [1.54, 1.807) is 0 Å². The van der Waals surface area contributed by atoms with E-state index in [1.807, 2.05) is 0 Å². The predicted molar refractivity (Wildman–Crippen MR) is 34.4 cm³/mol. The minimum atomic E-state index is -0.880. The molecular weight excluding hydrogens is 134 g/mol. The summed E-state index contributed by atoms with van der Waals surface area (Å²) in [6.45, 7) is 0.825. The summed E-state index contributed by atoms with van der Waals surface area (Å²) in [6.07, 6.45) is 0.555. The zero-order valence-electron chi connectivity index (χ0n) is 5.92. The fourth-order valence-electron chi connectivity index (χ4n) is 0.945. The number of carbonyl (C=O) groups excluding carboxylic acids is 1. The van der Waals surface area contributed by atoms with Gasteiger partial charge in [-0.1, -0.05) is 0 Å². The monoisotopic (exact) mass is 145 g/mol. The fourth-order valence-corrected chi connectivity index (χ4v) is 0.945. The van der Waals surface area contributed by atoms with Gasteiger partial charge >= 0.3 is 5.97 Å². The number of methoxy groups -OCH3 is 1. The molecule has 1 fully saturated rings. The number of esters is 1. The average molecular weight is 145 g/mol. The topological polar surface area (TPSA) is 61.5 Å². The Kier molecular flexibility index (Phi) is 1.92. The zero-order chi connectivity index (χ0) is 7.61. The van der Waals surface area contributed by atoms with Gasteiger partial charge in [-0.25, -0.2) is 4.79 Å². The van der Waals surface area contributed by atoms with Gasteiger partial charge in [0.05, 0.1) is 13.7 Å². The van der Waals surface area contributed by atoms with Gasteiger partial charge in [0.1, 0.15) is 5.54 Å². The molecular formula is C6H11NO3. The van der Waals surface area contributed by atoms with Gasteiger partial charge < -0.3 is 15.2 Å². The number of nitrogens with two attached hydrogens (primary N) is 1. The third-order valence-electron chi connectivity index (χ3n) is 1.64. The number of carbonyl (C=O) groups is 1. The summed E-state index contributed by atoms with van der Waals surface area (Å²) < 4.78 is 9.45. The van der Waals surface area contributed by atoms with Crippen LogP contribution in [0.4, 0.5) is 0 Å². The van der Waals surface area contributed by atoms with E-state index in [2.05, 4.69) is 4.74 Å². The molecule has 1 atom stereocenters. The van der Waals surface area contributed by atoms with E-state index >= 15 is 0 Å². The van der Waals surface area contributed by atoms with Crippen molar-refractivity contribution in [1.29, 1.82) is 0 Å². The van der Waals surface area contributed by atoms with Gasteiger partial charge in [-0.2, -0.15) is 0 Å². The van der Waals surface area contributed by atoms with Gasteiger partial charge in [-0.05, 0) is 0 Å². The van der Waals surface area contributed by atoms with Gasteiger partial charge in [-0.3, -0.25) is 0 Å². The first-order valence-corrected chi connectivity index (χ1v) is 3.14. The smallest absolute Gasteiger partial charge is 0.328 e. The molecule has 0 aromatic carbocycles. The molecule has 2 N–H and O–H groups in total. The van der Waals surface area contributed by atoms with Crippen molar-refractivity contribution in [3.05, 3.63) is 0 Å². The molecule has 0 bridgehead atoms. The predicted octanol–water partition coefficient (Wildman–Crippen LogP) is -0.723. The molecule has 0 unspecified atom stereocenters. The molecule has 1 heterocycles. The molecule has 1 aliphatic rings. The Balaban J connectivity index is 2.58. The van der Waals surface area contributed by atoms with Crippen molar-refractivity contribution in [2.45, 2.75) is 12.0 Å². The van der Waals surface area contributed by atoms with E-state index in [9.17, 15) is 4.79 Å². The molecule has 4 nitrogen and oxygen atoms in total. The van der Waals surface area contributed by atoms with Crippen LogP contribution >= 0.6 is 0 Å². The highest BCUT2D eigenvalue weighted by Crippen LogP contribution is 2.16. The third-order valence-corrected chi connectivity index (χ3v) is 1.64. The minimum Gasteiger partial charge on any atom is -0.468 e. The lowest BCUT2D eigenvalue weighted by Gasteiger charge is -2.17. The van der Waals surface area contributed by atoms with Crippen molar-refractivity contribution in [3.63, 3.8) is 0 Å². The van der Waals surface area contributed by atoms with Gasteiger partial charge in [0, 0.05) is 13.0 Å². The van der Waals surface area contributed by atoms with E-state index in [1.165, 1.54) is 7.11 Å². The van der Waals surface area contributed by atoms with Crippen molar-refractivity contribution >= 4 is 5.97 Å². The Morgan fingerprint density at radius 3 is 2.90 bits per heavy atom. The Bertz CT molecular complexity index is 140. The lowest BCUT2D eigenvalue weighted by Crippen LogP contribution is -2.49. The summed E-state index contributed by atoms with van der Waals surface area (Å²) in [7, 11) is 1.33. The number of ether oxygens (including phenoxy) is 2. The second kappa shape index (κ2) is 2.56. The summed E-state index contributed by atoms with van der Waals surface area (Å²) in [5.74, 6) is -0.384. The van der Waals surface area contributed by atoms with Crippen LogP contribution in [-0.2, 0) is 14.3 Å². The molecule has 0 radical (unpaired) electrons. The van der Waals surface area contributed by atoms with Gasteiger partial charge in [0.2, 0.25) is 0 Å². The van der Waals surface area contributed by atoms with Crippen LogP contribution in [0.1, 0.15) is 6.42 Å². The van der Waals surface area contributed by atoms with E-state index in [0.29, 0.717) is 13.0 Å². The Labute approximate surface area is 59.3 Å². The second-order valence-corrected chi connectivity index (χ2v) is 2.45. The number of hydrogen-bond donors (Lipinski definition) is 1. The third kappa shape index (κ3) is 1.12. The molecule has 0 aliphatic carbocycles. The number of rotatable bonds is 1. The minimum absolute atomic E-state index is 0.277. The maximum atomic E-state index is 10.9. The molecule has 0 aromatic rings. The van der Waals surface area contributed by atoms with Crippen LogP contribution in [0.5, 0.6) is 0 Å². The van der Waals surface area contributed by atoms with Crippen LogP contribution in [-0.4, -0.2) is 31.8 Å². The highest BCUT2D eigenvalue weighted by atomic mass is 16.5. The molecule has 0 spiro atoms. The lowest BCUT2D eigenvalue weighted by atomic mass is 10.0. The summed E-state index contributed by atoms with van der Waals surface area (Å²) >= 11 is 0. The van der Waals surface area contributed by atoms with E-state index in [4.69, 9.17) is 10.5 Å². The molecule has 10 heavy (non-hydrogen) atoms. The zero-order valence-corrected chi connectivity index (χ0v) is 5.92. The quantitative estimate of drug-likeness (QED) is 0.494. The van der Waals surface area contributed by atoms with Crippen LogP contribution in [0.15, 0.2) is 0 Å². The van der Waals surface area contributed by atoms with Gasteiger partial charge in [0.15, 0.2) is 0 Å².